The SMILES string of the molecule is CCC(CC)(COCc1ccccc1)CS(=O)(=O)Cl. The second kappa shape index (κ2) is 7.27. The van der Waals surface area contributed by atoms with E-state index in [2.05, 4.69) is 0 Å². The summed E-state index contributed by atoms with van der Waals surface area (Å²) in [4.78, 5) is 0. The van der Waals surface area contributed by atoms with Crippen LogP contribution in [-0.4, -0.2) is 20.8 Å². The van der Waals surface area contributed by atoms with Gasteiger partial charge in [0.05, 0.1) is 19.0 Å². The molecule has 0 saturated heterocycles. The molecule has 0 bridgehead atoms. The highest BCUT2D eigenvalue weighted by Gasteiger charge is 2.31. The fourth-order valence-corrected chi connectivity index (χ4v) is 3.94. The third-order valence-corrected chi connectivity index (χ3v) is 4.78. The molecule has 0 unspecified atom stereocenters. The number of halogens is 1. The molecule has 0 heterocycles. The van der Waals surface area contributed by atoms with Crippen molar-refractivity contribution in [2.24, 2.45) is 5.41 Å². The minimum atomic E-state index is -3.51. The molecule has 0 aliphatic heterocycles. The summed E-state index contributed by atoms with van der Waals surface area (Å²) in [7, 11) is 1.88. The van der Waals surface area contributed by atoms with Gasteiger partial charge in [0.15, 0.2) is 0 Å². The van der Waals surface area contributed by atoms with Gasteiger partial charge < -0.3 is 4.74 Å². The third-order valence-electron chi connectivity index (χ3n) is 3.50. The Labute approximate surface area is 120 Å². The maximum absolute atomic E-state index is 11.3. The van der Waals surface area contributed by atoms with Crippen molar-refractivity contribution in [3.63, 3.8) is 0 Å². The second-order valence-corrected chi connectivity index (χ2v) is 7.65. The van der Waals surface area contributed by atoms with Crippen LogP contribution < -0.4 is 0 Å². The Bertz CT molecular complexity index is 467. The van der Waals surface area contributed by atoms with Gasteiger partial charge in [-0.1, -0.05) is 44.2 Å². The molecule has 1 aromatic carbocycles. The van der Waals surface area contributed by atoms with Crippen molar-refractivity contribution in [3.05, 3.63) is 35.9 Å². The molecule has 0 atom stereocenters. The van der Waals surface area contributed by atoms with Gasteiger partial charge in [0.25, 0.3) is 0 Å². The number of hydrogen-bond donors (Lipinski definition) is 0. The molecule has 0 aromatic heterocycles. The maximum atomic E-state index is 11.3. The fourth-order valence-electron chi connectivity index (χ4n) is 2.03. The first-order chi connectivity index (χ1) is 8.91. The van der Waals surface area contributed by atoms with Crippen LogP contribution in [0.15, 0.2) is 30.3 Å². The summed E-state index contributed by atoms with van der Waals surface area (Å²) in [5.74, 6) is -0.0383. The molecule has 0 spiro atoms. The molecule has 3 nitrogen and oxygen atoms in total. The van der Waals surface area contributed by atoms with Gasteiger partial charge in [-0.2, -0.15) is 0 Å². The monoisotopic (exact) mass is 304 g/mol. The highest BCUT2D eigenvalue weighted by Crippen LogP contribution is 2.30. The molecule has 5 heteroatoms. The number of ether oxygens (including phenoxy) is 1. The molecule has 0 aliphatic carbocycles. The summed E-state index contributed by atoms with van der Waals surface area (Å²) in [6.07, 6.45) is 1.45. The van der Waals surface area contributed by atoms with E-state index in [0.717, 1.165) is 18.4 Å². The largest absolute Gasteiger partial charge is 0.376 e. The van der Waals surface area contributed by atoms with E-state index in [1.807, 2.05) is 44.2 Å². The quantitative estimate of drug-likeness (QED) is 0.690. The molecule has 0 aliphatic rings. The van der Waals surface area contributed by atoms with E-state index in [0.29, 0.717) is 13.2 Å². The van der Waals surface area contributed by atoms with Crippen LogP contribution in [0.2, 0.25) is 0 Å². The van der Waals surface area contributed by atoms with Crippen LogP contribution in [0.25, 0.3) is 0 Å². The standard InChI is InChI=1S/C14H21ClO3S/c1-3-14(4-2,12-19(15,16)17)11-18-10-13-8-6-5-7-9-13/h5-9H,3-4,10-12H2,1-2H3. The van der Waals surface area contributed by atoms with Gasteiger partial charge in [-0.15, -0.1) is 0 Å². The average molecular weight is 305 g/mol. The number of benzene rings is 1. The lowest BCUT2D eigenvalue weighted by atomic mass is 9.85. The highest BCUT2D eigenvalue weighted by atomic mass is 35.7. The van der Waals surface area contributed by atoms with Crippen molar-refractivity contribution in [1.82, 2.24) is 0 Å². The van der Waals surface area contributed by atoms with Crippen LogP contribution in [0.5, 0.6) is 0 Å². The molecule has 0 radical (unpaired) electrons. The predicted molar refractivity (Wildman–Crippen MR) is 78.8 cm³/mol. The zero-order valence-corrected chi connectivity index (χ0v) is 13.0. The average Bonchev–Trinajstić information content (AvgIpc) is 2.37. The van der Waals surface area contributed by atoms with E-state index < -0.39 is 14.5 Å². The molecule has 0 N–H and O–H groups in total. The van der Waals surface area contributed by atoms with Crippen molar-refractivity contribution >= 4 is 19.7 Å². The molecule has 0 saturated carbocycles. The van der Waals surface area contributed by atoms with Gasteiger partial charge in [0.2, 0.25) is 9.05 Å². The Kier molecular flexibility index (Phi) is 6.30. The normalized spacial score (nSPS) is 12.6. The first kappa shape index (κ1) is 16.5. The van der Waals surface area contributed by atoms with Crippen molar-refractivity contribution in [2.75, 3.05) is 12.4 Å². The first-order valence-electron chi connectivity index (χ1n) is 6.45. The highest BCUT2D eigenvalue weighted by molar-refractivity contribution is 8.13. The van der Waals surface area contributed by atoms with Crippen LogP contribution >= 0.6 is 10.7 Å². The summed E-state index contributed by atoms with van der Waals surface area (Å²) in [6, 6.07) is 9.82. The van der Waals surface area contributed by atoms with E-state index in [1.165, 1.54) is 0 Å². The Hall–Kier alpha value is -0.580. The number of hydrogen-bond acceptors (Lipinski definition) is 3. The molecule has 108 valence electrons. The van der Waals surface area contributed by atoms with Gasteiger partial charge in [-0.25, -0.2) is 8.42 Å². The maximum Gasteiger partial charge on any atom is 0.233 e. The van der Waals surface area contributed by atoms with Gasteiger partial charge in [-0.05, 0) is 18.4 Å². The Balaban J connectivity index is 2.59. The van der Waals surface area contributed by atoms with E-state index in [1.54, 1.807) is 0 Å². The van der Waals surface area contributed by atoms with Crippen LogP contribution in [0.4, 0.5) is 0 Å². The topological polar surface area (TPSA) is 43.4 Å². The Morgan fingerprint density at radius 1 is 1.16 bits per heavy atom. The van der Waals surface area contributed by atoms with Gasteiger partial charge in [-0.3, -0.25) is 0 Å². The third kappa shape index (κ3) is 5.93. The van der Waals surface area contributed by atoms with Crippen molar-refractivity contribution in [1.29, 1.82) is 0 Å². The summed E-state index contributed by atoms with van der Waals surface area (Å²) in [5, 5.41) is 0. The lowest BCUT2D eigenvalue weighted by molar-refractivity contribution is 0.0399. The van der Waals surface area contributed by atoms with Gasteiger partial charge in [0, 0.05) is 16.1 Å². The lowest BCUT2D eigenvalue weighted by Crippen LogP contribution is -2.32. The van der Waals surface area contributed by atoms with Crippen molar-refractivity contribution in [2.45, 2.75) is 33.3 Å². The predicted octanol–water partition coefficient (Wildman–Crippen LogP) is 3.58. The number of rotatable bonds is 8. The Morgan fingerprint density at radius 3 is 2.21 bits per heavy atom. The van der Waals surface area contributed by atoms with E-state index in [9.17, 15) is 8.42 Å². The van der Waals surface area contributed by atoms with Crippen molar-refractivity contribution in [3.8, 4) is 0 Å². The minimum Gasteiger partial charge on any atom is -0.376 e. The molecule has 1 aromatic rings. The molecule has 0 amide bonds. The summed E-state index contributed by atoms with van der Waals surface area (Å²) >= 11 is 0. The zero-order valence-electron chi connectivity index (χ0n) is 11.4. The molecule has 19 heavy (non-hydrogen) atoms. The van der Waals surface area contributed by atoms with E-state index >= 15 is 0 Å². The van der Waals surface area contributed by atoms with Crippen LogP contribution in [-0.2, 0) is 20.4 Å². The Morgan fingerprint density at radius 2 is 1.74 bits per heavy atom. The van der Waals surface area contributed by atoms with Gasteiger partial charge >= 0.3 is 0 Å². The molecule has 0 fully saturated rings. The van der Waals surface area contributed by atoms with Crippen LogP contribution in [0, 0.1) is 5.41 Å². The lowest BCUT2D eigenvalue weighted by Gasteiger charge is -2.30. The summed E-state index contributed by atoms with van der Waals surface area (Å²) in [6.45, 7) is 4.83. The first-order valence-corrected chi connectivity index (χ1v) is 8.92. The fraction of sp³-hybridized carbons (Fsp3) is 0.571. The van der Waals surface area contributed by atoms with Crippen molar-refractivity contribution < 1.29 is 13.2 Å². The summed E-state index contributed by atoms with van der Waals surface area (Å²) < 4.78 is 28.3. The minimum absolute atomic E-state index is 0.0383. The summed E-state index contributed by atoms with van der Waals surface area (Å²) in [5.41, 5.74) is 0.687. The molecular formula is C14H21ClO3S. The van der Waals surface area contributed by atoms with Crippen LogP contribution in [0.1, 0.15) is 32.3 Å². The molecular weight excluding hydrogens is 284 g/mol. The second-order valence-electron chi connectivity index (χ2n) is 4.87. The molecule has 1 rings (SSSR count). The van der Waals surface area contributed by atoms with E-state index in [-0.39, 0.29) is 5.75 Å². The van der Waals surface area contributed by atoms with Gasteiger partial charge in [0.1, 0.15) is 0 Å². The van der Waals surface area contributed by atoms with E-state index in [4.69, 9.17) is 15.4 Å². The van der Waals surface area contributed by atoms with Crippen LogP contribution in [0.3, 0.4) is 0 Å². The smallest absolute Gasteiger partial charge is 0.233 e. The zero-order chi connectivity index (χ0) is 14.4.